The van der Waals surface area contributed by atoms with Crippen LogP contribution < -0.4 is 0 Å². The van der Waals surface area contributed by atoms with Crippen LogP contribution in [0.25, 0.3) is 0 Å². The van der Waals surface area contributed by atoms with Gasteiger partial charge in [0, 0.05) is 0 Å². The van der Waals surface area contributed by atoms with Crippen molar-refractivity contribution in [2.45, 2.75) is 66.2 Å². The summed E-state index contributed by atoms with van der Waals surface area (Å²) >= 11 is 3.34. The first-order valence-corrected chi connectivity index (χ1v) is 7.74. The molecule has 2 unspecified atom stereocenters. The second kappa shape index (κ2) is 10.4. The van der Waals surface area contributed by atoms with Gasteiger partial charge in [-0.2, -0.15) is 0 Å². The van der Waals surface area contributed by atoms with E-state index in [0.717, 1.165) is 17.8 Å². The lowest BCUT2D eigenvalue weighted by Crippen LogP contribution is -1.98. The van der Waals surface area contributed by atoms with Crippen LogP contribution in [0.2, 0.25) is 0 Å². The van der Waals surface area contributed by atoms with E-state index in [0.29, 0.717) is 0 Å². The van der Waals surface area contributed by atoms with Crippen molar-refractivity contribution in [3.63, 3.8) is 0 Å². The second-order valence-corrected chi connectivity index (χ2v) is 6.19. The molecule has 0 saturated heterocycles. The van der Waals surface area contributed by atoms with E-state index in [1.54, 1.807) is 0 Å². The third kappa shape index (κ3) is 10.7. The summed E-state index contributed by atoms with van der Waals surface area (Å²) in [5.74, 6) is 2.51. The monoisotopic (exact) mass is 288 g/mol. The standard InChI is InChI=1S/C15H29Br/c1-13(2)7-5-8-14(3)9-6-10-15(4)11-12-16/h11-15H,5-10H2,1-4H3. The van der Waals surface area contributed by atoms with E-state index >= 15 is 0 Å². The molecule has 0 amide bonds. The number of hydrogen-bond donors (Lipinski definition) is 0. The number of halogens is 1. The van der Waals surface area contributed by atoms with Crippen LogP contribution in [0.3, 0.4) is 0 Å². The minimum absolute atomic E-state index is 0.724. The Labute approximate surface area is 111 Å². The van der Waals surface area contributed by atoms with Gasteiger partial charge in [0.15, 0.2) is 0 Å². The summed E-state index contributed by atoms with van der Waals surface area (Å²) in [5.41, 5.74) is 0. The topological polar surface area (TPSA) is 0 Å². The molecule has 0 saturated carbocycles. The molecule has 0 aliphatic carbocycles. The fourth-order valence-electron chi connectivity index (χ4n) is 2.03. The molecule has 0 N–H and O–H groups in total. The highest BCUT2D eigenvalue weighted by Crippen LogP contribution is 2.19. The number of rotatable bonds is 9. The molecule has 0 heterocycles. The summed E-state index contributed by atoms with van der Waals surface area (Å²) in [6.45, 7) is 9.34. The highest BCUT2D eigenvalue weighted by atomic mass is 79.9. The molecule has 0 aromatic heterocycles. The molecule has 0 spiro atoms. The third-order valence-corrected chi connectivity index (χ3v) is 3.54. The minimum atomic E-state index is 0.724. The number of hydrogen-bond acceptors (Lipinski definition) is 0. The van der Waals surface area contributed by atoms with Crippen molar-refractivity contribution in [1.29, 1.82) is 0 Å². The van der Waals surface area contributed by atoms with Crippen LogP contribution in [0.5, 0.6) is 0 Å². The Balaban J connectivity index is 3.39. The molecule has 2 atom stereocenters. The van der Waals surface area contributed by atoms with Crippen molar-refractivity contribution >= 4 is 15.9 Å². The van der Waals surface area contributed by atoms with Gasteiger partial charge in [-0.1, -0.05) is 81.8 Å². The Morgan fingerprint density at radius 2 is 1.44 bits per heavy atom. The molecule has 1 heteroatoms. The van der Waals surface area contributed by atoms with Crippen LogP contribution in [0.4, 0.5) is 0 Å². The fourth-order valence-corrected chi connectivity index (χ4v) is 2.55. The lowest BCUT2D eigenvalue weighted by atomic mass is 9.93. The Kier molecular flexibility index (Phi) is 10.5. The average molecular weight is 289 g/mol. The summed E-state index contributed by atoms with van der Waals surface area (Å²) in [4.78, 5) is 1.99. The molecular weight excluding hydrogens is 260 g/mol. The Hall–Kier alpha value is 0.220. The van der Waals surface area contributed by atoms with Crippen LogP contribution in [0.15, 0.2) is 11.1 Å². The maximum atomic E-state index is 3.34. The zero-order valence-corrected chi connectivity index (χ0v) is 13.1. The van der Waals surface area contributed by atoms with E-state index in [1.807, 2.05) is 4.99 Å². The van der Waals surface area contributed by atoms with Crippen molar-refractivity contribution in [2.24, 2.45) is 17.8 Å². The normalized spacial score (nSPS) is 15.9. The van der Waals surface area contributed by atoms with E-state index in [2.05, 4.69) is 49.7 Å². The van der Waals surface area contributed by atoms with E-state index in [1.165, 1.54) is 38.5 Å². The van der Waals surface area contributed by atoms with Crippen LogP contribution in [-0.2, 0) is 0 Å². The summed E-state index contributed by atoms with van der Waals surface area (Å²) in [6.07, 6.45) is 10.6. The van der Waals surface area contributed by atoms with E-state index < -0.39 is 0 Å². The summed E-state index contributed by atoms with van der Waals surface area (Å²) < 4.78 is 0. The van der Waals surface area contributed by atoms with Gasteiger partial charge in [-0.25, -0.2) is 0 Å². The summed E-state index contributed by atoms with van der Waals surface area (Å²) in [6, 6.07) is 0. The van der Waals surface area contributed by atoms with Gasteiger partial charge in [0.05, 0.1) is 0 Å². The van der Waals surface area contributed by atoms with Crippen molar-refractivity contribution in [3.8, 4) is 0 Å². The number of allylic oxidation sites excluding steroid dienone is 1. The predicted octanol–water partition coefficient (Wildman–Crippen LogP) is 6.16. The molecule has 0 aromatic rings. The Morgan fingerprint density at radius 3 is 1.94 bits per heavy atom. The first-order valence-electron chi connectivity index (χ1n) is 6.83. The van der Waals surface area contributed by atoms with Gasteiger partial charge >= 0.3 is 0 Å². The van der Waals surface area contributed by atoms with Crippen molar-refractivity contribution in [2.75, 3.05) is 0 Å². The smallest absolute Gasteiger partial charge is 0.0226 e. The third-order valence-electron chi connectivity index (χ3n) is 3.24. The lowest BCUT2D eigenvalue weighted by molar-refractivity contribution is 0.413. The highest BCUT2D eigenvalue weighted by Gasteiger charge is 2.04. The largest absolute Gasteiger partial charge is 0.0748 e. The Morgan fingerprint density at radius 1 is 0.875 bits per heavy atom. The first-order chi connectivity index (χ1) is 7.56. The summed E-state index contributed by atoms with van der Waals surface area (Å²) in [5, 5.41) is 0. The van der Waals surface area contributed by atoms with Crippen LogP contribution >= 0.6 is 15.9 Å². The van der Waals surface area contributed by atoms with E-state index in [4.69, 9.17) is 0 Å². The zero-order valence-electron chi connectivity index (χ0n) is 11.5. The predicted molar refractivity (Wildman–Crippen MR) is 78.9 cm³/mol. The fraction of sp³-hybridized carbons (Fsp3) is 0.867. The molecule has 16 heavy (non-hydrogen) atoms. The van der Waals surface area contributed by atoms with Crippen molar-refractivity contribution in [1.82, 2.24) is 0 Å². The maximum Gasteiger partial charge on any atom is -0.0226 e. The van der Waals surface area contributed by atoms with Gasteiger partial charge in [0.1, 0.15) is 0 Å². The average Bonchev–Trinajstić information content (AvgIpc) is 2.17. The summed E-state index contributed by atoms with van der Waals surface area (Å²) in [7, 11) is 0. The van der Waals surface area contributed by atoms with Crippen molar-refractivity contribution in [3.05, 3.63) is 11.1 Å². The molecule has 0 aromatic carbocycles. The zero-order chi connectivity index (χ0) is 12.4. The molecule has 0 aliphatic heterocycles. The van der Waals surface area contributed by atoms with Gasteiger partial charge < -0.3 is 0 Å². The van der Waals surface area contributed by atoms with Crippen molar-refractivity contribution < 1.29 is 0 Å². The van der Waals surface area contributed by atoms with Gasteiger partial charge in [-0.3, -0.25) is 0 Å². The minimum Gasteiger partial charge on any atom is -0.0748 e. The molecular formula is C15H29Br. The van der Waals surface area contributed by atoms with Crippen LogP contribution in [0.1, 0.15) is 66.2 Å². The van der Waals surface area contributed by atoms with Gasteiger partial charge in [0.2, 0.25) is 0 Å². The SMILES string of the molecule is CC(C)CCCC(C)CCCC(C)C=CBr. The lowest BCUT2D eigenvalue weighted by Gasteiger charge is -2.13. The maximum absolute atomic E-state index is 3.34. The molecule has 0 radical (unpaired) electrons. The van der Waals surface area contributed by atoms with Gasteiger partial charge in [-0.05, 0) is 29.2 Å². The molecule has 0 fully saturated rings. The second-order valence-electron chi connectivity index (χ2n) is 5.66. The van der Waals surface area contributed by atoms with Gasteiger partial charge in [0.25, 0.3) is 0 Å². The quantitative estimate of drug-likeness (QED) is 0.476. The Bertz CT molecular complexity index is 172. The molecule has 0 aliphatic rings. The molecule has 0 bridgehead atoms. The van der Waals surface area contributed by atoms with Gasteiger partial charge in [-0.15, -0.1) is 0 Å². The first kappa shape index (κ1) is 16.2. The van der Waals surface area contributed by atoms with E-state index in [9.17, 15) is 0 Å². The highest BCUT2D eigenvalue weighted by molar-refractivity contribution is 9.11. The van der Waals surface area contributed by atoms with Crippen LogP contribution in [-0.4, -0.2) is 0 Å². The van der Waals surface area contributed by atoms with E-state index in [-0.39, 0.29) is 0 Å². The van der Waals surface area contributed by atoms with Crippen LogP contribution in [0, 0.1) is 17.8 Å². The molecule has 96 valence electrons. The molecule has 0 rings (SSSR count). The molecule has 0 nitrogen and oxygen atoms in total.